The summed E-state index contributed by atoms with van der Waals surface area (Å²) < 4.78 is 52.1. The van der Waals surface area contributed by atoms with E-state index in [-0.39, 0.29) is 67.9 Å². The highest BCUT2D eigenvalue weighted by Crippen LogP contribution is 2.54. The lowest BCUT2D eigenvalue weighted by Gasteiger charge is -2.23. The molecular weight excluding hydrogens is 857 g/mol. The molecule has 0 radical (unpaired) electrons. The van der Waals surface area contributed by atoms with Crippen LogP contribution in [-0.4, -0.2) is 85.5 Å². The zero-order valence-corrected chi connectivity index (χ0v) is 38.3. The van der Waals surface area contributed by atoms with E-state index in [1.165, 1.54) is 21.0 Å². The van der Waals surface area contributed by atoms with Crippen LogP contribution in [0.5, 0.6) is 34.5 Å². The smallest absolute Gasteiger partial charge is 0.232 e. The summed E-state index contributed by atoms with van der Waals surface area (Å²) in [5.74, 6) is -3.09. The Morgan fingerprint density at radius 1 is 0.547 bits per heavy atom. The van der Waals surface area contributed by atoms with Gasteiger partial charge in [0.05, 0.1) is 46.4 Å². The van der Waals surface area contributed by atoms with E-state index >= 15 is 0 Å². The van der Waals surface area contributed by atoms with Crippen molar-refractivity contribution in [3.63, 3.8) is 0 Å². The van der Waals surface area contributed by atoms with Crippen molar-refractivity contribution in [1.29, 1.82) is 0 Å². The zero-order chi connectivity index (χ0) is 46.5. The summed E-state index contributed by atoms with van der Waals surface area (Å²) in [6, 6.07) is 13.7. The van der Waals surface area contributed by atoms with Gasteiger partial charge in [0.15, 0.2) is 23.0 Å². The first-order valence-electron chi connectivity index (χ1n) is 20.8. The summed E-state index contributed by atoms with van der Waals surface area (Å²) >= 11 is 0. The first-order chi connectivity index (χ1) is 30.0. The number of benzene rings is 6. The zero-order valence-electron chi connectivity index (χ0n) is 36.7. The predicted octanol–water partition coefficient (Wildman–Crippen LogP) is 8.90. The fourth-order valence-corrected chi connectivity index (χ4v) is 11.4. The average molecular weight is 907 g/mol. The number of hydrogen-bond acceptors (Lipinski definition) is 12. The summed E-state index contributed by atoms with van der Waals surface area (Å²) in [6.45, 7) is 11.5. The molecule has 16 heteroatoms. The van der Waals surface area contributed by atoms with Crippen LogP contribution in [0.2, 0.25) is 0 Å². The molecule has 0 saturated carbocycles. The number of aliphatic imine (C=N–C) groups is 2. The minimum atomic E-state index is -3.48. The molecule has 0 aliphatic carbocycles. The van der Waals surface area contributed by atoms with E-state index in [2.05, 4.69) is 9.98 Å². The summed E-state index contributed by atoms with van der Waals surface area (Å²) in [5, 5.41) is 72.5. The lowest BCUT2D eigenvalue weighted by atomic mass is 9.83. The van der Waals surface area contributed by atoms with Crippen LogP contribution in [-0.2, 0) is 32.9 Å². The Morgan fingerprint density at radius 3 is 1.23 bits per heavy atom. The second-order valence-electron chi connectivity index (χ2n) is 17.4. The number of sulfonamides is 2. The van der Waals surface area contributed by atoms with Crippen molar-refractivity contribution in [2.75, 3.05) is 34.2 Å². The van der Waals surface area contributed by atoms with Gasteiger partial charge in [-0.2, -0.15) is 0 Å². The molecule has 0 unspecified atom stereocenters. The van der Waals surface area contributed by atoms with E-state index < -0.39 is 31.5 Å². The Balaban J connectivity index is 1.34. The molecule has 2 aliphatic rings. The summed E-state index contributed by atoms with van der Waals surface area (Å²) in [6.07, 6.45) is 5.92. The van der Waals surface area contributed by atoms with E-state index in [9.17, 15) is 47.5 Å². The molecule has 0 aromatic heterocycles. The number of hydrogen-bond donors (Lipinski definition) is 6. The van der Waals surface area contributed by atoms with Crippen molar-refractivity contribution >= 4 is 76.8 Å². The molecule has 14 nitrogen and oxygen atoms in total. The van der Waals surface area contributed by atoms with Gasteiger partial charge in [-0.05, 0) is 108 Å². The van der Waals surface area contributed by atoms with Gasteiger partial charge in [0.25, 0.3) is 0 Å². The van der Waals surface area contributed by atoms with Gasteiger partial charge in [0, 0.05) is 58.5 Å². The normalized spacial score (nSPS) is 14.4. The number of anilines is 2. The predicted molar refractivity (Wildman–Crippen MR) is 254 cm³/mol. The van der Waals surface area contributed by atoms with E-state index in [0.29, 0.717) is 81.7 Å². The molecule has 0 atom stereocenters. The maximum Gasteiger partial charge on any atom is 0.232 e. The summed E-state index contributed by atoms with van der Waals surface area (Å²) in [7, 11) is -6.95. The Morgan fingerprint density at radius 2 is 0.906 bits per heavy atom. The number of phenols is 6. The first kappa shape index (κ1) is 44.1. The molecule has 0 saturated heterocycles. The molecule has 6 aromatic carbocycles. The minimum absolute atomic E-state index is 0.00155. The highest BCUT2D eigenvalue weighted by molar-refractivity contribution is 7.92. The molecule has 64 heavy (non-hydrogen) atoms. The van der Waals surface area contributed by atoms with Crippen LogP contribution >= 0.6 is 0 Å². The molecule has 2 heterocycles. The van der Waals surface area contributed by atoms with Crippen molar-refractivity contribution in [3.8, 4) is 45.6 Å². The highest BCUT2D eigenvalue weighted by atomic mass is 32.2. The molecule has 0 bridgehead atoms. The third kappa shape index (κ3) is 7.18. The number of phenolic OH excluding ortho intramolecular Hbond substituents is 6. The molecule has 334 valence electrons. The van der Waals surface area contributed by atoms with Gasteiger partial charge in [-0.3, -0.25) is 18.6 Å². The van der Waals surface area contributed by atoms with Crippen molar-refractivity contribution in [2.24, 2.45) is 9.98 Å². The molecule has 0 fully saturated rings. The van der Waals surface area contributed by atoms with Crippen molar-refractivity contribution in [3.05, 3.63) is 93.0 Å². The first-order valence-corrected chi connectivity index (χ1v) is 24.5. The maximum atomic E-state index is 12.6. The monoisotopic (exact) mass is 906 g/mol. The number of nitrogens with zero attached hydrogens (tertiary/aromatic N) is 4. The Kier molecular flexibility index (Phi) is 10.8. The SMILES string of the molecule is Cc1cc2c(C(C)C)c(O)c(O)c(C=Nc3ccc4c(c3)CCN4S(C)(=O)=O)c2c(O)c1-c1c(C)cc2c(C(C)C)c(O)c(O)c(C=Nc3ccc4c(c3)CCN4S(C)(=O)=O)c2c1O. The van der Waals surface area contributed by atoms with Crippen LogP contribution in [0.3, 0.4) is 0 Å². The Hall–Kier alpha value is -6.52. The Bertz CT molecular complexity index is 3070. The lowest BCUT2D eigenvalue weighted by Crippen LogP contribution is -2.27. The van der Waals surface area contributed by atoms with Gasteiger partial charge in [0.2, 0.25) is 20.0 Å². The van der Waals surface area contributed by atoms with Crippen LogP contribution < -0.4 is 8.61 Å². The van der Waals surface area contributed by atoms with Gasteiger partial charge in [-0.15, -0.1) is 0 Å². The Labute approximate surface area is 371 Å². The summed E-state index contributed by atoms with van der Waals surface area (Å²) in [4.78, 5) is 9.25. The van der Waals surface area contributed by atoms with Crippen LogP contribution in [0.25, 0.3) is 32.7 Å². The molecule has 0 amide bonds. The topological polar surface area (TPSA) is 221 Å². The van der Waals surface area contributed by atoms with Gasteiger partial charge in [-0.25, -0.2) is 16.8 Å². The quantitative estimate of drug-likeness (QED) is 0.0597. The van der Waals surface area contributed by atoms with E-state index in [4.69, 9.17) is 0 Å². The van der Waals surface area contributed by atoms with Crippen molar-refractivity contribution in [1.82, 2.24) is 0 Å². The molecule has 2 aliphatic heterocycles. The average Bonchev–Trinajstić information content (AvgIpc) is 3.84. The third-order valence-electron chi connectivity index (χ3n) is 12.3. The van der Waals surface area contributed by atoms with Gasteiger partial charge >= 0.3 is 0 Å². The molecule has 0 spiro atoms. The van der Waals surface area contributed by atoms with Gasteiger partial charge in [-0.1, -0.05) is 39.8 Å². The van der Waals surface area contributed by atoms with E-state index in [1.807, 2.05) is 27.7 Å². The van der Waals surface area contributed by atoms with Crippen LogP contribution in [0, 0.1) is 13.8 Å². The minimum Gasteiger partial charge on any atom is -0.507 e. The highest BCUT2D eigenvalue weighted by Gasteiger charge is 2.31. The molecule has 6 aromatic rings. The number of rotatable bonds is 9. The fourth-order valence-electron chi connectivity index (χ4n) is 9.47. The fraction of sp³-hybridized carbons (Fsp3) is 0.292. The van der Waals surface area contributed by atoms with Crippen molar-refractivity contribution < 1.29 is 47.5 Å². The standard InChI is InChI=1S/C48H50N4O10S2/c1-23(2)37-31-17-25(5)39(45(55)41(31)33(43(53)47(37)57)21-49-29-9-11-35-27(19-29)13-15-51(35)63(7,59)60)40-26(6)18-32-38(24(3)4)48(58)44(54)34(42(32)46(40)56)22-50-30-10-12-36-28(20-30)14-16-52(36)64(8,61)62/h9-12,17-24,53-58H,13-16H2,1-8H3. The van der Waals surface area contributed by atoms with Crippen molar-refractivity contribution in [2.45, 2.75) is 66.2 Å². The maximum absolute atomic E-state index is 12.6. The summed E-state index contributed by atoms with van der Waals surface area (Å²) in [5.41, 5.74) is 5.72. The molecular formula is C48H50N4O10S2. The van der Waals surface area contributed by atoms with Crippen LogP contribution in [0.15, 0.2) is 58.5 Å². The lowest BCUT2D eigenvalue weighted by molar-refractivity contribution is 0.398. The van der Waals surface area contributed by atoms with E-state index in [1.54, 1.807) is 62.4 Å². The molecule has 8 rings (SSSR count). The van der Waals surface area contributed by atoms with Gasteiger partial charge < -0.3 is 30.6 Å². The third-order valence-corrected chi connectivity index (χ3v) is 14.7. The van der Waals surface area contributed by atoms with E-state index in [0.717, 1.165) is 23.6 Å². The second-order valence-corrected chi connectivity index (χ2v) is 21.2. The number of aryl methyl sites for hydroxylation is 2. The number of fused-ring (bicyclic) bond motifs is 4. The largest absolute Gasteiger partial charge is 0.507 e. The number of aromatic hydroxyl groups is 6. The van der Waals surface area contributed by atoms with Gasteiger partial charge in [0.1, 0.15) is 11.5 Å². The second kappa shape index (κ2) is 15.6. The van der Waals surface area contributed by atoms with Crippen LogP contribution in [0.1, 0.15) is 84.0 Å². The van der Waals surface area contributed by atoms with Crippen LogP contribution in [0.4, 0.5) is 22.7 Å². The molecule has 6 N–H and O–H groups in total.